The molecular weight excluding hydrogens is 262 g/mol. The molecule has 0 radical (unpaired) electrons. The van der Waals surface area contributed by atoms with Crippen LogP contribution in [-0.2, 0) is 4.79 Å². The summed E-state index contributed by atoms with van der Waals surface area (Å²) in [5.41, 5.74) is 1.85. The van der Waals surface area contributed by atoms with Crippen molar-refractivity contribution in [2.24, 2.45) is 17.8 Å². The van der Waals surface area contributed by atoms with Crippen LogP contribution < -0.4 is 5.48 Å². The number of hydrogen-bond donors (Lipinski definition) is 2. The SMILES string of the molecule is CCCC(C)CCCCC(CCC(C)CCC)C(=O)NO. The number of carbonyl (C=O) groups is 1. The molecule has 3 heteroatoms. The topological polar surface area (TPSA) is 49.3 Å². The largest absolute Gasteiger partial charge is 0.289 e. The van der Waals surface area contributed by atoms with Crippen molar-refractivity contribution in [2.75, 3.05) is 0 Å². The molecule has 1 amide bonds. The summed E-state index contributed by atoms with van der Waals surface area (Å²) in [4.78, 5) is 11.8. The fourth-order valence-electron chi connectivity index (χ4n) is 3.14. The minimum absolute atomic E-state index is 0.0178. The van der Waals surface area contributed by atoms with Crippen molar-refractivity contribution in [2.45, 2.75) is 91.9 Å². The summed E-state index contributed by atoms with van der Waals surface area (Å²) >= 11 is 0. The van der Waals surface area contributed by atoms with Crippen molar-refractivity contribution in [1.29, 1.82) is 0 Å². The number of carbonyl (C=O) groups excluding carboxylic acids is 1. The van der Waals surface area contributed by atoms with Crippen LogP contribution in [0.2, 0.25) is 0 Å². The Morgan fingerprint density at radius 1 is 0.857 bits per heavy atom. The van der Waals surface area contributed by atoms with Crippen LogP contribution in [0.15, 0.2) is 0 Å². The first kappa shape index (κ1) is 20.4. The average Bonchev–Trinajstić information content (AvgIpc) is 2.46. The summed E-state index contributed by atoms with van der Waals surface area (Å²) in [6.45, 7) is 9.00. The van der Waals surface area contributed by atoms with Crippen LogP contribution in [0.25, 0.3) is 0 Å². The van der Waals surface area contributed by atoms with Crippen molar-refractivity contribution >= 4 is 5.91 Å². The molecule has 3 nitrogen and oxygen atoms in total. The van der Waals surface area contributed by atoms with Gasteiger partial charge in [0.2, 0.25) is 5.91 Å². The summed E-state index contributed by atoms with van der Waals surface area (Å²) in [5, 5.41) is 8.89. The second-order valence-electron chi connectivity index (χ2n) is 6.82. The zero-order valence-corrected chi connectivity index (χ0v) is 14.7. The number of hydrogen-bond acceptors (Lipinski definition) is 2. The molecule has 2 N–H and O–H groups in total. The molecular formula is C18H37NO2. The van der Waals surface area contributed by atoms with Gasteiger partial charge >= 0.3 is 0 Å². The van der Waals surface area contributed by atoms with Gasteiger partial charge in [-0.05, 0) is 31.1 Å². The van der Waals surface area contributed by atoms with Crippen LogP contribution in [0.3, 0.4) is 0 Å². The number of rotatable bonds is 13. The Morgan fingerprint density at radius 3 is 1.90 bits per heavy atom. The highest BCUT2D eigenvalue weighted by Crippen LogP contribution is 2.22. The fraction of sp³-hybridized carbons (Fsp3) is 0.944. The summed E-state index contributed by atoms with van der Waals surface area (Å²) < 4.78 is 0. The van der Waals surface area contributed by atoms with Crippen molar-refractivity contribution in [3.8, 4) is 0 Å². The molecule has 0 aromatic heterocycles. The average molecular weight is 299 g/mol. The minimum Gasteiger partial charge on any atom is -0.289 e. The first-order valence-electron chi connectivity index (χ1n) is 8.98. The molecule has 0 aromatic rings. The van der Waals surface area contributed by atoms with Crippen molar-refractivity contribution < 1.29 is 10.0 Å². The van der Waals surface area contributed by atoms with E-state index in [1.807, 2.05) is 5.48 Å². The Morgan fingerprint density at radius 2 is 1.38 bits per heavy atom. The first-order valence-corrected chi connectivity index (χ1v) is 8.98. The predicted octanol–water partition coefficient (Wildman–Crippen LogP) is 5.32. The molecule has 0 rings (SSSR count). The van der Waals surface area contributed by atoms with Crippen LogP contribution in [-0.4, -0.2) is 11.1 Å². The maximum absolute atomic E-state index is 11.8. The second-order valence-corrected chi connectivity index (χ2v) is 6.82. The van der Waals surface area contributed by atoms with Gasteiger partial charge in [0, 0.05) is 5.92 Å². The zero-order chi connectivity index (χ0) is 16.1. The Kier molecular flexibility index (Phi) is 12.8. The van der Waals surface area contributed by atoms with E-state index in [-0.39, 0.29) is 11.8 Å². The van der Waals surface area contributed by atoms with Crippen molar-refractivity contribution in [3.63, 3.8) is 0 Å². The van der Waals surface area contributed by atoms with Gasteiger partial charge < -0.3 is 0 Å². The van der Waals surface area contributed by atoms with E-state index >= 15 is 0 Å². The van der Waals surface area contributed by atoms with Crippen LogP contribution in [0.5, 0.6) is 0 Å². The van der Waals surface area contributed by atoms with Gasteiger partial charge in [-0.3, -0.25) is 10.0 Å². The molecule has 0 bridgehead atoms. The van der Waals surface area contributed by atoms with Crippen LogP contribution >= 0.6 is 0 Å². The van der Waals surface area contributed by atoms with Gasteiger partial charge in [0.1, 0.15) is 0 Å². The third kappa shape index (κ3) is 10.8. The normalized spacial score (nSPS) is 15.5. The lowest BCUT2D eigenvalue weighted by molar-refractivity contribution is -0.134. The highest BCUT2D eigenvalue weighted by Gasteiger charge is 2.18. The van der Waals surface area contributed by atoms with Gasteiger partial charge in [-0.2, -0.15) is 0 Å². The van der Waals surface area contributed by atoms with Crippen molar-refractivity contribution in [3.05, 3.63) is 0 Å². The summed E-state index contributed by atoms with van der Waals surface area (Å²) in [7, 11) is 0. The number of amides is 1. The molecule has 0 aliphatic heterocycles. The lowest BCUT2D eigenvalue weighted by Gasteiger charge is -2.18. The van der Waals surface area contributed by atoms with E-state index in [2.05, 4.69) is 27.7 Å². The Bertz CT molecular complexity index is 256. The third-order valence-corrected chi connectivity index (χ3v) is 4.55. The fourth-order valence-corrected chi connectivity index (χ4v) is 3.14. The maximum atomic E-state index is 11.8. The van der Waals surface area contributed by atoms with Crippen LogP contribution in [0, 0.1) is 17.8 Å². The van der Waals surface area contributed by atoms with Gasteiger partial charge in [0.05, 0.1) is 0 Å². The van der Waals surface area contributed by atoms with Gasteiger partial charge in [-0.25, -0.2) is 5.48 Å². The zero-order valence-electron chi connectivity index (χ0n) is 14.7. The quantitative estimate of drug-likeness (QED) is 0.275. The number of nitrogens with one attached hydrogen (secondary N) is 1. The smallest absolute Gasteiger partial charge is 0.246 e. The lowest BCUT2D eigenvalue weighted by atomic mass is 9.89. The molecule has 0 aromatic carbocycles. The molecule has 0 aliphatic rings. The predicted molar refractivity (Wildman–Crippen MR) is 89.3 cm³/mol. The molecule has 21 heavy (non-hydrogen) atoms. The lowest BCUT2D eigenvalue weighted by Crippen LogP contribution is -2.28. The van der Waals surface area contributed by atoms with Gasteiger partial charge in [0.25, 0.3) is 0 Å². The van der Waals surface area contributed by atoms with Crippen molar-refractivity contribution in [1.82, 2.24) is 5.48 Å². The highest BCUT2D eigenvalue weighted by molar-refractivity contribution is 5.77. The molecule has 126 valence electrons. The first-order chi connectivity index (χ1) is 10.0. The van der Waals surface area contributed by atoms with Gasteiger partial charge in [0.15, 0.2) is 0 Å². The third-order valence-electron chi connectivity index (χ3n) is 4.55. The van der Waals surface area contributed by atoms with E-state index in [1.54, 1.807) is 0 Å². The standard InChI is InChI=1S/C18H37NO2/c1-5-9-15(3)11-7-8-12-17(18(20)19-21)14-13-16(4)10-6-2/h15-17,21H,5-14H2,1-4H3,(H,19,20). The van der Waals surface area contributed by atoms with E-state index in [0.717, 1.165) is 31.6 Å². The highest BCUT2D eigenvalue weighted by atomic mass is 16.5. The van der Waals surface area contributed by atoms with E-state index in [4.69, 9.17) is 5.21 Å². The second kappa shape index (κ2) is 13.1. The molecule has 0 saturated heterocycles. The van der Waals surface area contributed by atoms with Crippen LogP contribution in [0.1, 0.15) is 91.9 Å². The molecule has 0 fully saturated rings. The van der Waals surface area contributed by atoms with E-state index in [1.165, 1.54) is 38.5 Å². The monoisotopic (exact) mass is 299 g/mol. The summed E-state index contributed by atoms with van der Waals surface area (Å²) in [6, 6.07) is 0. The number of hydroxylamine groups is 1. The van der Waals surface area contributed by atoms with Gasteiger partial charge in [-0.1, -0.05) is 72.6 Å². The summed E-state index contributed by atoms with van der Waals surface area (Å²) in [6.07, 6.45) is 11.4. The van der Waals surface area contributed by atoms with Crippen LogP contribution in [0.4, 0.5) is 0 Å². The Hall–Kier alpha value is -0.570. The molecule has 3 unspecified atom stereocenters. The maximum Gasteiger partial charge on any atom is 0.246 e. The summed E-state index contributed by atoms with van der Waals surface area (Å²) in [5.74, 6) is 1.26. The van der Waals surface area contributed by atoms with E-state index in [9.17, 15) is 4.79 Å². The Balaban J connectivity index is 3.99. The Labute approximate surface area is 131 Å². The molecule has 0 aliphatic carbocycles. The molecule has 0 heterocycles. The molecule has 0 spiro atoms. The molecule has 3 atom stereocenters. The number of unbranched alkanes of at least 4 members (excludes halogenated alkanes) is 1. The van der Waals surface area contributed by atoms with Gasteiger partial charge in [-0.15, -0.1) is 0 Å². The molecule has 0 saturated carbocycles. The van der Waals surface area contributed by atoms with E-state index < -0.39 is 0 Å². The van der Waals surface area contributed by atoms with E-state index in [0.29, 0.717) is 5.92 Å². The minimum atomic E-state index is -0.194.